The predicted molar refractivity (Wildman–Crippen MR) is 113 cm³/mol. The highest BCUT2D eigenvalue weighted by Gasteiger charge is 2.45. The number of ether oxygens (including phenoxy) is 1. The average Bonchev–Trinajstić information content (AvgIpc) is 3.22. The summed E-state index contributed by atoms with van der Waals surface area (Å²) in [6.07, 6.45) is -3.75. The number of carbonyl (C=O) groups is 1. The van der Waals surface area contributed by atoms with Gasteiger partial charge in [0.15, 0.2) is 6.10 Å². The van der Waals surface area contributed by atoms with Crippen LogP contribution in [0.1, 0.15) is 29.7 Å². The van der Waals surface area contributed by atoms with Gasteiger partial charge < -0.3 is 19.9 Å². The van der Waals surface area contributed by atoms with Crippen LogP contribution in [0.2, 0.25) is 0 Å². The van der Waals surface area contributed by atoms with Gasteiger partial charge in [0.25, 0.3) is 0 Å². The van der Waals surface area contributed by atoms with Crippen LogP contribution < -0.4 is 10.1 Å². The minimum atomic E-state index is -4.42. The molecule has 0 bridgehead atoms. The number of hydrogen-bond donors (Lipinski definition) is 1. The third kappa shape index (κ3) is 5.73. The predicted octanol–water partition coefficient (Wildman–Crippen LogP) is 3.89. The molecule has 3 heterocycles. The average molecular weight is 466 g/mol. The number of nitrogens with zero attached hydrogens (tertiary/aromatic N) is 3. The summed E-state index contributed by atoms with van der Waals surface area (Å²) in [6.45, 7) is 2.13. The number of halogens is 4. The van der Waals surface area contributed by atoms with Crippen molar-refractivity contribution >= 4 is 6.03 Å². The third-order valence-corrected chi connectivity index (χ3v) is 6.12. The van der Waals surface area contributed by atoms with Gasteiger partial charge in [-0.25, -0.2) is 9.18 Å². The summed E-state index contributed by atoms with van der Waals surface area (Å²) in [5, 5.41) is 2.88. The van der Waals surface area contributed by atoms with E-state index in [1.54, 1.807) is 23.1 Å². The summed E-state index contributed by atoms with van der Waals surface area (Å²) in [7, 11) is 2.03. The largest absolute Gasteiger partial charge is 0.480 e. The van der Waals surface area contributed by atoms with Crippen molar-refractivity contribution < 1.29 is 27.1 Å². The van der Waals surface area contributed by atoms with Gasteiger partial charge in [-0.3, -0.25) is 4.98 Å². The zero-order chi connectivity index (χ0) is 23.6. The number of carbonyl (C=O) groups excluding carboxylic acids is 1. The number of hydrogen-bond acceptors (Lipinski definition) is 4. The van der Waals surface area contributed by atoms with Crippen LogP contribution >= 0.6 is 0 Å². The number of piperidine rings is 1. The van der Waals surface area contributed by atoms with Gasteiger partial charge in [-0.2, -0.15) is 13.2 Å². The molecule has 0 aliphatic carbocycles. The number of nitrogens with one attached hydrogen (secondary N) is 1. The molecule has 0 saturated carbocycles. The molecule has 1 aromatic heterocycles. The maximum atomic E-state index is 13.2. The first kappa shape index (κ1) is 23.3. The summed E-state index contributed by atoms with van der Waals surface area (Å²) in [5.41, 5.74) is 1.75. The molecule has 6 nitrogen and oxygen atoms in total. The molecule has 2 aliphatic heterocycles. The topological polar surface area (TPSA) is 57.7 Å². The van der Waals surface area contributed by atoms with Gasteiger partial charge in [0.1, 0.15) is 11.6 Å². The number of rotatable bonds is 5. The molecular weight excluding hydrogens is 440 g/mol. The number of fused-ring (bicyclic) bond motifs is 1. The monoisotopic (exact) mass is 466 g/mol. The first-order valence-corrected chi connectivity index (χ1v) is 10.9. The summed E-state index contributed by atoms with van der Waals surface area (Å²) < 4.78 is 57.1. The van der Waals surface area contributed by atoms with Crippen LogP contribution in [-0.2, 0) is 19.5 Å². The molecule has 2 aromatic rings. The van der Waals surface area contributed by atoms with Crippen molar-refractivity contribution in [2.45, 2.75) is 50.7 Å². The maximum Gasteiger partial charge on any atom is 0.425 e. The third-order valence-electron chi connectivity index (χ3n) is 6.12. The van der Waals surface area contributed by atoms with Crippen LogP contribution in [0.5, 0.6) is 5.75 Å². The molecule has 2 amide bonds. The van der Waals surface area contributed by atoms with E-state index in [1.165, 1.54) is 12.1 Å². The van der Waals surface area contributed by atoms with Crippen LogP contribution in [0.3, 0.4) is 0 Å². The van der Waals surface area contributed by atoms with Crippen molar-refractivity contribution in [1.29, 1.82) is 0 Å². The Kier molecular flexibility index (Phi) is 6.73. The minimum Gasteiger partial charge on any atom is -0.480 e. The zero-order valence-electron chi connectivity index (χ0n) is 18.2. The molecule has 0 spiro atoms. The number of alkyl halides is 3. The number of urea groups is 1. The van der Waals surface area contributed by atoms with E-state index in [4.69, 9.17) is 4.74 Å². The lowest BCUT2D eigenvalue weighted by molar-refractivity contribution is -0.189. The Morgan fingerprint density at radius 1 is 1.24 bits per heavy atom. The molecule has 0 radical (unpaired) electrons. The van der Waals surface area contributed by atoms with E-state index in [0.717, 1.165) is 32.1 Å². The van der Waals surface area contributed by atoms with E-state index in [9.17, 15) is 22.4 Å². The Morgan fingerprint density at radius 3 is 2.67 bits per heavy atom. The maximum absolute atomic E-state index is 13.2. The molecule has 1 aromatic carbocycles. The highest BCUT2D eigenvalue weighted by atomic mass is 19.4. The normalized spacial score (nSPS) is 19.1. The van der Waals surface area contributed by atoms with Crippen LogP contribution in [0, 0.1) is 5.82 Å². The Morgan fingerprint density at radius 2 is 2.00 bits per heavy atom. The first-order chi connectivity index (χ1) is 15.7. The van der Waals surface area contributed by atoms with Crippen LogP contribution in [-0.4, -0.2) is 59.3 Å². The van der Waals surface area contributed by atoms with E-state index in [-0.39, 0.29) is 37.3 Å². The Balaban J connectivity index is 1.42. The zero-order valence-corrected chi connectivity index (χ0v) is 18.2. The Hall–Kier alpha value is -2.88. The van der Waals surface area contributed by atoms with Crippen LogP contribution in [0.25, 0.3) is 0 Å². The van der Waals surface area contributed by atoms with Crippen molar-refractivity contribution in [2.75, 3.05) is 20.1 Å². The fraction of sp³-hybridized carbons (Fsp3) is 0.478. The quantitative estimate of drug-likeness (QED) is 0.680. The van der Waals surface area contributed by atoms with Crippen LogP contribution in [0.15, 0.2) is 36.5 Å². The van der Waals surface area contributed by atoms with E-state index < -0.39 is 18.1 Å². The second-order valence-electron chi connectivity index (χ2n) is 8.58. The van der Waals surface area contributed by atoms with Gasteiger partial charge in [0.2, 0.25) is 0 Å². The van der Waals surface area contributed by atoms with Gasteiger partial charge in [-0.05, 0) is 62.3 Å². The van der Waals surface area contributed by atoms with Gasteiger partial charge in [0.05, 0.1) is 18.4 Å². The second-order valence-corrected chi connectivity index (χ2v) is 8.58. The molecule has 2 aliphatic rings. The molecular formula is C23H26F4N4O2. The SMILES string of the molecule is CN1CCC(N(Cc2ccc(F)cn2)C(=O)NCc2ccc3c(c2)CC(C(F)(F)F)O3)CC1. The number of benzene rings is 1. The van der Waals surface area contributed by atoms with Gasteiger partial charge in [-0.1, -0.05) is 12.1 Å². The number of likely N-dealkylation sites (tertiary alicyclic amines) is 1. The Labute approximate surface area is 189 Å². The molecule has 4 rings (SSSR count). The van der Waals surface area contributed by atoms with Crippen molar-refractivity contribution in [3.05, 3.63) is 59.2 Å². The van der Waals surface area contributed by atoms with Crippen molar-refractivity contribution in [3.63, 3.8) is 0 Å². The van der Waals surface area contributed by atoms with Gasteiger partial charge in [0, 0.05) is 19.0 Å². The lowest BCUT2D eigenvalue weighted by Crippen LogP contribution is -2.49. The van der Waals surface area contributed by atoms with E-state index in [2.05, 4.69) is 15.2 Å². The molecule has 1 fully saturated rings. The van der Waals surface area contributed by atoms with Crippen molar-refractivity contribution in [2.24, 2.45) is 0 Å². The van der Waals surface area contributed by atoms with Crippen LogP contribution in [0.4, 0.5) is 22.4 Å². The number of pyridine rings is 1. The fourth-order valence-electron chi connectivity index (χ4n) is 4.22. The van der Waals surface area contributed by atoms with E-state index in [0.29, 0.717) is 16.8 Å². The molecule has 1 atom stereocenters. The lowest BCUT2D eigenvalue weighted by atomic mass is 10.0. The summed E-state index contributed by atoms with van der Waals surface area (Å²) in [6, 6.07) is 7.40. The molecule has 178 valence electrons. The molecule has 1 unspecified atom stereocenters. The standard InChI is InChI=1S/C23H26F4N4O2/c1-30-8-6-19(7-9-30)31(14-18-4-3-17(24)13-28-18)22(32)29-12-15-2-5-20-16(10-15)11-21(33-20)23(25,26)27/h2-5,10,13,19,21H,6-9,11-12,14H2,1H3,(H,29,32). The van der Waals surface area contributed by atoms with E-state index in [1.807, 2.05) is 7.05 Å². The molecule has 1 saturated heterocycles. The summed E-state index contributed by atoms with van der Waals surface area (Å²) in [4.78, 5) is 21.1. The number of aromatic nitrogens is 1. The minimum absolute atomic E-state index is 0.00835. The summed E-state index contributed by atoms with van der Waals surface area (Å²) >= 11 is 0. The van der Waals surface area contributed by atoms with Gasteiger partial charge in [-0.15, -0.1) is 0 Å². The lowest BCUT2D eigenvalue weighted by Gasteiger charge is -2.37. The smallest absolute Gasteiger partial charge is 0.425 e. The van der Waals surface area contributed by atoms with Crippen molar-refractivity contribution in [3.8, 4) is 5.75 Å². The molecule has 10 heteroatoms. The highest BCUT2D eigenvalue weighted by molar-refractivity contribution is 5.74. The van der Waals surface area contributed by atoms with Gasteiger partial charge >= 0.3 is 12.2 Å². The van der Waals surface area contributed by atoms with E-state index >= 15 is 0 Å². The molecule has 33 heavy (non-hydrogen) atoms. The Bertz CT molecular complexity index is 975. The van der Waals surface area contributed by atoms with Crippen molar-refractivity contribution in [1.82, 2.24) is 20.1 Å². The second kappa shape index (κ2) is 9.54. The fourth-order valence-corrected chi connectivity index (χ4v) is 4.22. The highest BCUT2D eigenvalue weighted by Crippen LogP contribution is 2.36. The first-order valence-electron chi connectivity index (χ1n) is 10.9. The molecule has 1 N–H and O–H groups in total. The summed E-state index contributed by atoms with van der Waals surface area (Å²) in [5.74, 6) is -0.217. The number of amides is 2.